The zero-order valence-corrected chi connectivity index (χ0v) is 6.32. The minimum atomic E-state index is 0.495. The van der Waals surface area contributed by atoms with E-state index in [1.165, 1.54) is 5.49 Å². The minimum Gasteiger partial charge on any atom is -0.328 e. The Morgan fingerprint density at radius 3 is 2.29 bits per heavy atom. The molecule has 0 aromatic carbocycles. The van der Waals surface area contributed by atoms with Crippen LogP contribution in [0.5, 0.6) is 0 Å². The van der Waals surface area contributed by atoms with E-state index in [2.05, 4.69) is 37.1 Å². The molecule has 0 aliphatic heterocycles. The molecule has 0 aliphatic carbocycles. The number of hydrogen-bond donors (Lipinski definition) is 1. The molecular formula is C3H5NS3. The molecule has 0 aliphatic rings. The standard InChI is InChI=1S/C3H5NS3/c1-4(2-5)3(6)7/h2H,1H3,(H,6,7). The second kappa shape index (κ2) is 3.35. The van der Waals surface area contributed by atoms with Gasteiger partial charge in [-0.2, -0.15) is 0 Å². The fourth-order valence-corrected chi connectivity index (χ4v) is 0.406. The Balaban J connectivity index is 3.55. The molecule has 0 saturated heterocycles. The van der Waals surface area contributed by atoms with E-state index in [-0.39, 0.29) is 0 Å². The molecule has 0 aromatic rings. The summed E-state index contributed by atoms with van der Waals surface area (Å²) < 4.78 is 0.495. The molecule has 0 N–H and O–H groups in total. The second-order valence-corrected chi connectivity index (χ2v) is 2.32. The van der Waals surface area contributed by atoms with Gasteiger partial charge in [-0.3, -0.25) is 0 Å². The largest absolute Gasteiger partial charge is 0.328 e. The average molecular weight is 151 g/mol. The number of thiocarbonyl (C=S) groups is 2. The van der Waals surface area contributed by atoms with Crippen molar-refractivity contribution in [2.75, 3.05) is 7.05 Å². The Morgan fingerprint density at radius 1 is 1.86 bits per heavy atom. The highest BCUT2D eigenvalue weighted by molar-refractivity contribution is 8.11. The molecule has 0 heterocycles. The normalized spacial score (nSPS) is 7.71. The van der Waals surface area contributed by atoms with E-state index in [0.29, 0.717) is 4.32 Å². The van der Waals surface area contributed by atoms with Gasteiger partial charge in [0.25, 0.3) is 0 Å². The summed E-state index contributed by atoms with van der Waals surface area (Å²) in [6.07, 6.45) is 0. The maximum Gasteiger partial charge on any atom is 0.137 e. The SMILES string of the molecule is CN(C=S)C(=S)S. The molecule has 0 atom stereocenters. The molecule has 0 bridgehead atoms. The van der Waals surface area contributed by atoms with Crippen molar-refractivity contribution in [2.24, 2.45) is 0 Å². The first kappa shape index (κ1) is 7.33. The molecule has 1 nitrogen and oxygen atoms in total. The summed E-state index contributed by atoms with van der Waals surface area (Å²) in [6, 6.07) is 0. The third-order valence-corrected chi connectivity index (χ3v) is 1.38. The summed E-state index contributed by atoms with van der Waals surface area (Å²) in [5.74, 6) is 0. The van der Waals surface area contributed by atoms with Crippen LogP contribution >= 0.6 is 37.1 Å². The quantitative estimate of drug-likeness (QED) is 0.442. The molecule has 0 spiro atoms. The summed E-state index contributed by atoms with van der Waals surface area (Å²) in [5.41, 5.74) is 1.44. The first-order valence-electron chi connectivity index (χ1n) is 1.59. The van der Waals surface area contributed by atoms with Gasteiger partial charge < -0.3 is 4.90 Å². The van der Waals surface area contributed by atoms with Crippen LogP contribution in [0.2, 0.25) is 0 Å². The lowest BCUT2D eigenvalue weighted by Gasteiger charge is -2.05. The van der Waals surface area contributed by atoms with Crippen LogP contribution in [0.15, 0.2) is 0 Å². The van der Waals surface area contributed by atoms with Crippen molar-refractivity contribution in [3.8, 4) is 0 Å². The predicted octanol–water partition coefficient (Wildman–Crippen LogP) is 1.09. The van der Waals surface area contributed by atoms with Gasteiger partial charge in [-0.1, -0.05) is 24.4 Å². The summed E-state index contributed by atoms with van der Waals surface area (Å²) in [6.45, 7) is 0. The van der Waals surface area contributed by atoms with Gasteiger partial charge >= 0.3 is 0 Å². The van der Waals surface area contributed by atoms with Crippen LogP contribution in [0.1, 0.15) is 0 Å². The maximum atomic E-state index is 4.61. The molecule has 0 amide bonds. The molecule has 0 saturated carbocycles. The van der Waals surface area contributed by atoms with Gasteiger partial charge in [0, 0.05) is 7.05 Å². The van der Waals surface area contributed by atoms with Crippen molar-refractivity contribution in [2.45, 2.75) is 0 Å². The second-order valence-electron chi connectivity index (χ2n) is 0.999. The van der Waals surface area contributed by atoms with Crippen LogP contribution in [0.4, 0.5) is 0 Å². The van der Waals surface area contributed by atoms with E-state index in [0.717, 1.165) is 0 Å². The van der Waals surface area contributed by atoms with Crippen molar-refractivity contribution < 1.29 is 0 Å². The zero-order chi connectivity index (χ0) is 5.86. The average Bonchev–Trinajstić information content (AvgIpc) is 1.65. The fourth-order valence-electron chi connectivity index (χ4n) is 0.0451. The van der Waals surface area contributed by atoms with Gasteiger partial charge in [-0.05, 0) is 0 Å². The van der Waals surface area contributed by atoms with Gasteiger partial charge in [-0.25, -0.2) is 0 Å². The minimum absolute atomic E-state index is 0.495. The number of rotatable bonds is 1. The molecule has 0 radical (unpaired) electrons. The Hall–Kier alpha value is 0.330. The van der Waals surface area contributed by atoms with E-state index < -0.39 is 0 Å². The lowest BCUT2D eigenvalue weighted by molar-refractivity contribution is 0.825. The van der Waals surface area contributed by atoms with Gasteiger partial charge in [0.1, 0.15) is 4.32 Å². The summed E-state index contributed by atoms with van der Waals surface area (Å²) >= 11 is 13.0. The predicted molar refractivity (Wildman–Crippen MR) is 43.0 cm³/mol. The van der Waals surface area contributed by atoms with Crippen LogP contribution in [-0.4, -0.2) is 21.8 Å². The number of hydrogen-bond acceptors (Lipinski definition) is 2. The number of nitrogens with zero attached hydrogens (tertiary/aromatic N) is 1. The molecule has 7 heavy (non-hydrogen) atoms. The third-order valence-electron chi connectivity index (χ3n) is 0.460. The van der Waals surface area contributed by atoms with Crippen LogP contribution in [0.25, 0.3) is 0 Å². The molecule has 40 valence electrons. The molecular weight excluding hydrogens is 146 g/mol. The van der Waals surface area contributed by atoms with E-state index in [1.54, 1.807) is 11.9 Å². The van der Waals surface area contributed by atoms with Crippen molar-refractivity contribution in [3.63, 3.8) is 0 Å². The summed E-state index contributed by atoms with van der Waals surface area (Å²) in [7, 11) is 1.75. The van der Waals surface area contributed by atoms with E-state index in [4.69, 9.17) is 0 Å². The lowest BCUT2D eigenvalue weighted by Crippen LogP contribution is -2.16. The van der Waals surface area contributed by atoms with Gasteiger partial charge in [0.05, 0.1) is 5.49 Å². The first-order valence-corrected chi connectivity index (χ1v) is 2.92. The lowest BCUT2D eigenvalue weighted by atomic mass is 11.0. The maximum absolute atomic E-state index is 4.61. The van der Waals surface area contributed by atoms with Crippen molar-refractivity contribution in [1.29, 1.82) is 0 Å². The molecule has 0 unspecified atom stereocenters. The summed E-state index contributed by atoms with van der Waals surface area (Å²) in [4.78, 5) is 1.58. The first-order chi connectivity index (χ1) is 3.18. The highest BCUT2D eigenvalue weighted by atomic mass is 32.1. The summed E-state index contributed by atoms with van der Waals surface area (Å²) in [5, 5.41) is 0. The highest BCUT2D eigenvalue weighted by Gasteiger charge is 1.88. The zero-order valence-electron chi connectivity index (χ0n) is 3.79. The molecule has 0 rings (SSSR count). The van der Waals surface area contributed by atoms with Crippen LogP contribution in [0, 0.1) is 0 Å². The van der Waals surface area contributed by atoms with Gasteiger partial charge in [-0.15, -0.1) is 12.6 Å². The topological polar surface area (TPSA) is 3.24 Å². The monoisotopic (exact) mass is 151 g/mol. The smallest absolute Gasteiger partial charge is 0.137 e. The molecule has 0 fully saturated rings. The van der Waals surface area contributed by atoms with Crippen LogP contribution in [-0.2, 0) is 0 Å². The van der Waals surface area contributed by atoms with Crippen molar-refractivity contribution >= 4 is 46.9 Å². The highest BCUT2D eigenvalue weighted by Crippen LogP contribution is 1.86. The van der Waals surface area contributed by atoms with Crippen molar-refractivity contribution in [1.82, 2.24) is 4.90 Å². The Morgan fingerprint density at radius 2 is 2.29 bits per heavy atom. The van der Waals surface area contributed by atoms with E-state index in [9.17, 15) is 0 Å². The Bertz CT molecular complexity index is 90.2. The van der Waals surface area contributed by atoms with Crippen LogP contribution < -0.4 is 0 Å². The van der Waals surface area contributed by atoms with Crippen molar-refractivity contribution in [3.05, 3.63) is 0 Å². The van der Waals surface area contributed by atoms with E-state index >= 15 is 0 Å². The van der Waals surface area contributed by atoms with Gasteiger partial charge in [0.15, 0.2) is 0 Å². The fraction of sp³-hybridized carbons (Fsp3) is 0.333. The Kier molecular flexibility index (Phi) is 3.50. The van der Waals surface area contributed by atoms with E-state index in [1.807, 2.05) is 0 Å². The molecule has 4 heteroatoms. The molecule has 0 aromatic heterocycles. The van der Waals surface area contributed by atoms with Crippen LogP contribution in [0.3, 0.4) is 0 Å². The number of thiol groups is 1. The van der Waals surface area contributed by atoms with Gasteiger partial charge in [0.2, 0.25) is 0 Å². The Labute approximate surface area is 59.1 Å². The third kappa shape index (κ3) is 2.96.